The van der Waals surface area contributed by atoms with Crippen LogP contribution >= 0.6 is 0 Å². The second-order valence-corrected chi connectivity index (χ2v) is 5.20. The Bertz CT molecular complexity index is 659. The summed E-state index contributed by atoms with van der Waals surface area (Å²) in [7, 11) is 3.20. The highest BCUT2D eigenvalue weighted by Crippen LogP contribution is 2.33. The largest absolute Gasteiger partial charge is 0.493 e. The van der Waals surface area contributed by atoms with Crippen LogP contribution in [0.4, 0.5) is 0 Å². The Labute approximate surface area is 123 Å². The molecule has 0 radical (unpaired) electrons. The zero-order chi connectivity index (χ0) is 14.8. The van der Waals surface area contributed by atoms with Crippen LogP contribution in [0.25, 0.3) is 0 Å². The molecule has 0 bridgehead atoms. The lowest BCUT2D eigenvalue weighted by atomic mass is 10.1. The Balaban J connectivity index is 1.82. The highest BCUT2D eigenvalue weighted by molar-refractivity contribution is 5.99. The van der Waals surface area contributed by atoms with Crippen molar-refractivity contribution in [2.45, 2.75) is 19.4 Å². The predicted molar refractivity (Wildman–Crippen MR) is 77.9 cm³/mol. The number of aromatic nitrogens is 2. The van der Waals surface area contributed by atoms with Crippen molar-refractivity contribution in [1.82, 2.24) is 9.55 Å². The summed E-state index contributed by atoms with van der Waals surface area (Å²) in [4.78, 5) is 16.4. The summed E-state index contributed by atoms with van der Waals surface area (Å²) in [6.07, 6.45) is 7.51. The van der Waals surface area contributed by atoms with Crippen molar-refractivity contribution in [1.29, 1.82) is 0 Å². The first-order valence-corrected chi connectivity index (χ1v) is 6.98. The van der Waals surface area contributed by atoms with Crippen LogP contribution in [-0.4, -0.2) is 29.6 Å². The number of ether oxygens (including phenoxy) is 2. The first-order chi connectivity index (χ1) is 10.2. The maximum Gasteiger partial charge on any atom is 0.184 e. The van der Waals surface area contributed by atoms with Gasteiger partial charge in [0.2, 0.25) is 0 Å². The monoisotopic (exact) mass is 286 g/mol. The van der Waals surface area contributed by atoms with E-state index in [0.717, 1.165) is 24.1 Å². The normalized spacial score (nSPS) is 14.0. The molecular weight excluding hydrogens is 268 g/mol. The summed E-state index contributed by atoms with van der Waals surface area (Å²) in [5, 5.41) is 0. The third kappa shape index (κ3) is 2.77. The first-order valence-electron chi connectivity index (χ1n) is 6.98. The summed E-state index contributed by atoms with van der Waals surface area (Å²) in [5.41, 5.74) is 1.55. The number of ketones is 1. The fourth-order valence-electron chi connectivity index (χ4n) is 2.40. The second-order valence-electron chi connectivity index (χ2n) is 5.20. The molecule has 2 aromatic heterocycles. The lowest BCUT2D eigenvalue weighted by molar-refractivity contribution is 0.0967. The van der Waals surface area contributed by atoms with E-state index in [2.05, 4.69) is 4.98 Å². The van der Waals surface area contributed by atoms with Gasteiger partial charge < -0.3 is 14.0 Å². The van der Waals surface area contributed by atoms with Gasteiger partial charge in [-0.15, -0.1) is 0 Å². The average molecular weight is 286 g/mol. The van der Waals surface area contributed by atoms with Gasteiger partial charge in [0.1, 0.15) is 5.69 Å². The van der Waals surface area contributed by atoms with E-state index >= 15 is 0 Å². The molecule has 0 N–H and O–H groups in total. The summed E-state index contributed by atoms with van der Waals surface area (Å²) in [6, 6.07) is 3.63. The molecule has 0 atom stereocenters. The van der Waals surface area contributed by atoms with Gasteiger partial charge in [-0.3, -0.25) is 9.78 Å². The molecule has 2 aromatic rings. The Morgan fingerprint density at radius 2 is 2.14 bits per heavy atom. The van der Waals surface area contributed by atoms with Gasteiger partial charge in [0, 0.05) is 36.1 Å². The first kappa shape index (κ1) is 13.7. The van der Waals surface area contributed by atoms with E-state index in [-0.39, 0.29) is 11.7 Å². The van der Waals surface area contributed by atoms with E-state index < -0.39 is 0 Å². The van der Waals surface area contributed by atoms with Crippen molar-refractivity contribution >= 4 is 5.78 Å². The fourth-order valence-corrected chi connectivity index (χ4v) is 2.40. The Kier molecular flexibility index (Phi) is 3.64. The van der Waals surface area contributed by atoms with Crippen LogP contribution in [0.2, 0.25) is 0 Å². The lowest BCUT2D eigenvalue weighted by Gasteiger charge is -2.11. The SMILES string of the molecule is COc1ccnc(Cn2ccc(C(=O)C3CC3)c2)c1OC. The quantitative estimate of drug-likeness (QED) is 0.766. The standard InChI is InChI=1S/C16H18N2O3/c1-20-14-5-7-17-13(16(14)21-2)10-18-8-6-12(9-18)15(19)11-3-4-11/h5-9,11H,3-4,10H2,1-2H3. The minimum Gasteiger partial charge on any atom is -0.493 e. The van der Waals surface area contributed by atoms with Crippen molar-refractivity contribution in [3.05, 3.63) is 42.0 Å². The molecule has 1 saturated carbocycles. The average Bonchev–Trinajstić information content (AvgIpc) is 3.26. The van der Waals surface area contributed by atoms with E-state index in [1.165, 1.54) is 0 Å². The van der Waals surface area contributed by atoms with E-state index in [1.807, 2.05) is 23.0 Å². The number of hydrogen-bond acceptors (Lipinski definition) is 4. The molecule has 110 valence electrons. The van der Waals surface area contributed by atoms with Gasteiger partial charge in [0.05, 0.1) is 20.8 Å². The minimum absolute atomic E-state index is 0.241. The van der Waals surface area contributed by atoms with E-state index in [9.17, 15) is 4.79 Å². The topological polar surface area (TPSA) is 53.4 Å². The van der Waals surface area contributed by atoms with Crippen LogP contribution in [0, 0.1) is 5.92 Å². The van der Waals surface area contributed by atoms with Crippen molar-refractivity contribution in [2.24, 2.45) is 5.92 Å². The molecule has 5 nitrogen and oxygen atoms in total. The molecule has 2 heterocycles. The van der Waals surface area contributed by atoms with Gasteiger partial charge in [0.25, 0.3) is 0 Å². The number of nitrogens with zero attached hydrogens (tertiary/aromatic N) is 2. The number of rotatable bonds is 6. The third-order valence-corrected chi connectivity index (χ3v) is 3.68. The third-order valence-electron chi connectivity index (χ3n) is 3.68. The molecule has 0 aromatic carbocycles. The van der Waals surface area contributed by atoms with Crippen LogP contribution in [0.15, 0.2) is 30.7 Å². The molecule has 0 spiro atoms. The zero-order valence-electron chi connectivity index (χ0n) is 12.2. The molecular formula is C16H18N2O3. The van der Waals surface area contributed by atoms with Gasteiger partial charge in [-0.05, 0) is 18.9 Å². The Morgan fingerprint density at radius 1 is 1.33 bits per heavy atom. The zero-order valence-corrected chi connectivity index (χ0v) is 12.2. The summed E-state index contributed by atoms with van der Waals surface area (Å²) >= 11 is 0. The predicted octanol–water partition coefficient (Wildman–Crippen LogP) is 2.54. The van der Waals surface area contributed by atoms with Crippen LogP contribution in [0.3, 0.4) is 0 Å². The smallest absolute Gasteiger partial charge is 0.184 e. The molecule has 0 aliphatic heterocycles. The number of methoxy groups -OCH3 is 2. The molecule has 1 aliphatic rings. The second kappa shape index (κ2) is 5.60. The van der Waals surface area contributed by atoms with Gasteiger partial charge in [0.15, 0.2) is 17.3 Å². The number of Topliss-reactive ketones (excluding diaryl/α,β-unsaturated/α-hetero) is 1. The highest BCUT2D eigenvalue weighted by Gasteiger charge is 2.30. The molecule has 0 amide bonds. The molecule has 0 saturated heterocycles. The number of carbonyl (C=O) groups excluding carboxylic acids is 1. The molecule has 1 fully saturated rings. The maximum atomic E-state index is 12.0. The number of carbonyl (C=O) groups is 1. The Hall–Kier alpha value is -2.30. The molecule has 3 rings (SSSR count). The lowest BCUT2D eigenvalue weighted by Crippen LogP contribution is -2.04. The highest BCUT2D eigenvalue weighted by atomic mass is 16.5. The molecule has 0 unspecified atom stereocenters. The van der Waals surface area contributed by atoms with Gasteiger partial charge in [-0.2, -0.15) is 0 Å². The number of pyridine rings is 1. The molecule has 1 aliphatic carbocycles. The van der Waals surface area contributed by atoms with E-state index in [4.69, 9.17) is 9.47 Å². The fraction of sp³-hybridized carbons (Fsp3) is 0.375. The van der Waals surface area contributed by atoms with Crippen LogP contribution in [0.1, 0.15) is 28.9 Å². The van der Waals surface area contributed by atoms with Gasteiger partial charge >= 0.3 is 0 Å². The van der Waals surface area contributed by atoms with E-state index in [0.29, 0.717) is 18.0 Å². The van der Waals surface area contributed by atoms with Crippen molar-refractivity contribution in [3.8, 4) is 11.5 Å². The van der Waals surface area contributed by atoms with Crippen LogP contribution in [-0.2, 0) is 6.54 Å². The maximum absolute atomic E-state index is 12.0. The van der Waals surface area contributed by atoms with Crippen molar-refractivity contribution in [3.63, 3.8) is 0 Å². The Morgan fingerprint density at radius 3 is 2.81 bits per heavy atom. The number of hydrogen-bond donors (Lipinski definition) is 0. The minimum atomic E-state index is 0.241. The summed E-state index contributed by atoms with van der Waals surface area (Å²) in [6.45, 7) is 0.540. The van der Waals surface area contributed by atoms with Crippen molar-refractivity contribution in [2.75, 3.05) is 14.2 Å². The summed E-state index contributed by atoms with van der Waals surface area (Å²) < 4.78 is 12.6. The molecule has 5 heteroatoms. The molecule has 21 heavy (non-hydrogen) atoms. The van der Waals surface area contributed by atoms with Gasteiger partial charge in [-0.25, -0.2) is 0 Å². The van der Waals surface area contributed by atoms with E-state index in [1.54, 1.807) is 26.5 Å². The van der Waals surface area contributed by atoms with Crippen LogP contribution < -0.4 is 9.47 Å². The van der Waals surface area contributed by atoms with Gasteiger partial charge in [-0.1, -0.05) is 0 Å². The van der Waals surface area contributed by atoms with Crippen molar-refractivity contribution < 1.29 is 14.3 Å². The van der Waals surface area contributed by atoms with Crippen LogP contribution in [0.5, 0.6) is 11.5 Å². The summed E-state index contributed by atoms with van der Waals surface area (Å²) in [5.74, 6) is 1.78.